The number of halogens is 1. The number of rotatable bonds is 6. The van der Waals surface area contributed by atoms with Crippen molar-refractivity contribution in [3.05, 3.63) is 53.3 Å². The van der Waals surface area contributed by atoms with Crippen LogP contribution in [0.1, 0.15) is 12.8 Å². The van der Waals surface area contributed by atoms with Gasteiger partial charge in [-0.2, -0.15) is 0 Å². The molecule has 24 heavy (non-hydrogen) atoms. The van der Waals surface area contributed by atoms with Crippen molar-refractivity contribution in [3.63, 3.8) is 0 Å². The zero-order valence-electron chi connectivity index (χ0n) is 13.9. The molecule has 1 saturated heterocycles. The van der Waals surface area contributed by atoms with E-state index >= 15 is 0 Å². The van der Waals surface area contributed by atoms with E-state index in [-0.39, 0.29) is 0 Å². The molecule has 5 heteroatoms. The Morgan fingerprint density at radius 2 is 1.83 bits per heavy atom. The van der Waals surface area contributed by atoms with E-state index in [1.165, 1.54) is 5.69 Å². The predicted molar refractivity (Wildman–Crippen MR) is 98.5 cm³/mol. The Morgan fingerprint density at radius 3 is 2.50 bits per heavy atom. The highest BCUT2D eigenvalue weighted by molar-refractivity contribution is 6.30. The standard InChI is InChI=1S/C19H25ClN2O2/c20-16-6-8-17(9-7-16)22-12-10-21(11-13-22)14-18(23)15-24-19-4-2-1-3-5-19/h2,4-9,18,23H,1,3,10-15H2/t18-/m0/s1. The Balaban J connectivity index is 1.39. The van der Waals surface area contributed by atoms with Crippen LogP contribution in [0.2, 0.25) is 5.02 Å². The van der Waals surface area contributed by atoms with Crippen molar-refractivity contribution in [1.29, 1.82) is 0 Å². The lowest BCUT2D eigenvalue weighted by atomic mass is 10.2. The van der Waals surface area contributed by atoms with E-state index in [0.717, 1.165) is 49.8 Å². The van der Waals surface area contributed by atoms with E-state index in [9.17, 15) is 5.11 Å². The quantitative estimate of drug-likeness (QED) is 0.857. The Labute approximate surface area is 149 Å². The van der Waals surface area contributed by atoms with E-state index in [1.54, 1.807) is 0 Å². The Morgan fingerprint density at radius 1 is 1.08 bits per heavy atom. The summed E-state index contributed by atoms with van der Waals surface area (Å²) < 4.78 is 5.66. The third-order valence-corrected chi connectivity index (χ3v) is 4.69. The molecule has 0 bridgehead atoms. The second kappa shape index (κ2) is 8.56. The molecule has 1 fully saturated rings. The van der Waals surface area contributed by atoms with Gasteiger partial charge in [-0.1, -0.05) is 17.7 Å². The van der Waals surface area contributed by atoms with E-state index in [0.29, 0.717) is 13.2 Å². The zero-order chi connectivity index (χ0) is 16.8. The smallest absolute Gasteiger partial charge is 0.115 e. The molecule has 0 aromatic heterocycles. The Hall–Kier alpha value is -1.49. The van der Waals surface area contributed by atoms with Crippen LogP contribution in [0.15, 0.2) is 48.3 Å². The van der Waals surface area contributed by atoms with Crippen LogP contribution in [-0.2, 0) is 4.74 Å². The van der Waals surface area contributed by atoms with Crippen molar-refractivity contribution < 1.29 is 9.84 Å². The van der Waals surface area contributed by atoms with Gasteiger partial charge in [0.05, 0.1) is 0 Å². The molecule has 1 aliphatic heterocycles. The lowest BCUT2D eigenvalue weighted by molar-refractivity contribution is 0.0441. The normalized spacial score (nSPS) is 19.9. The number of piperazine rings is 1. The molecule has 0 saturated carbocycles. The summed E-state index contributed by atoms with van der Waals surface area (Å²) in [6.07, 6.45) is 7.82. The van der Waals surface area contributed by atoms with Crippen LogP contribution in [0.3, 0.4) is 0 Å². The maximum absolute atomic E-state index is 10.2. The summed E-state index contributed by atoms with van der Waals surface area (Å²) in [5.74, 6) is 0.882. The number of β-amino-alcohol motifs (C(OH)–C–C–N with tert-alkyl or cyclic N) is 1. The van der Waals surface area contributed by atoms with Gasteiger partial charge in [-0.05, 0) is 49.3 Å². The monoisotopic (exact) mass is 348 g/mol. The fraction of sp³-hybridized carbons (Fsp3) is 0.474. The van der Waals surface area contributed by atoms with Crippen molar-refractivity contribution in [2.45, 2.75) is 18.9 Å². The second-order valence-corrected chi connectivity index (χ2v) is 6.75. The summed E-state index contributed by atoms with van der Waals surface area (Å²) in [4.78, 5) is 4.65. The van der Waals surface area contributed by atoms with Gasteiger partial charge < -0.3 is 14.7 Å². The SMILES string of the molecule is O[C@H](COC1=CCCC=C1)CN1CCN(c2ccc(Cl)cc2)CC1. The fourth-order valence-electron chi connectivity index (χ4n) is 3.08. The fourth-order valence-corrected chi connectivity index (χ4v) is 3.21. The molecule has 1 aromatic rings. The summed E-state index contributed by atoms with van der Waals surface area (Å²) in [6, 6.07) is 7.98. The molecule has 2 aliphatic rings. The van der Waals surface area contributed by atoms with Crippen LogP contribution in [-0.4, -0.2) is 55.4 Å². The third kappa shape index (κ3) is 5.00. The number of nitrogens with zero attached hydrogens (tertiary/aromatic N) is 2. The van der Waals surface area contributed by atoms with Crippen molar-refractivity contribution in [1.82, 2.24) is 4.90 Å². The van der Waals surface area contributed by atoms with Crippen molar-refractivity contribution in [2.24, 2.45) is 0 Å². The molecular formula is C19H25ClN2O2. The summed E-state index contributed by atoms with van der Waals surface area (Å²) >= 11 is 5.94. The highest BCUT2D eigenvalue weighted by atomic mass is 35.5. The van der Waals surface area contributed by atoms with Crippen molar-refractivity contribution >= 4 is 17.3 Å². The Bertz CT molecular complexity index is 578. The van der Waals surface area contributed by atoms with E-state index in [1.807, 2.05) is 18.2 Å². The molecule has 0 unspecified atom stereocenters. The van der Waals surface area contributed by atoms with Gasteiger partial charge in [0.2, 0.25) is 0 Å². The minimum Gasteiger partial charge on any atom is -0.491 e. The molecule has 1 aromatic carbocycles. The van der Waals surface area contributed by atoms with Gasteiger partial charge in [-0.15, -0.1) is 0 Å². The van der Waals surface area contributed by atoms with Gasteiger partial charge in [0.1, 0.15) is 18.5 Å². The number of aliphatic hydroxyl groups is 1. The van der Waals surface area contributed by atoms with Gasteiger partial charge >= 0.3 is 0 Å². The van der Waals surface area contributed by atoms with E-state index in [4.69, 9.17) is 16.3 Å². The molecule has 1 heterocycles. The first-order valence-electron chi connectivity index (χ1n) is 8.61. The first-order chi connectivity index (χ1) is 11.7. The molecule has 130 valence electrons. The van der Waals surface area contributed by atoms with Crippen molar-refractivity contribution in [2.75, 3.05) is 44.2 Å². The van der Waals surface area contributed by atoms with Crippen LogP contribution in [0.4, 0.5) is 5.69 Å². The number of allylic oxidation sites excluding steroid dienone is 3. The molecule has 0 spiro atoms. The number of aliphatic hydroxyl groups excluding tert-OH is 1. The number of ether oxygens (including phenoxy) is 1. The van der Waals surface area contributed by atoms with Gasteiger partial charge in [-0.25, -0.2) is 0 Å². The summed E-state index contributed by atoms with van der Waals surface area (Å²) in [5, 5.41) is 11.0. The van der Waals surface area contributed by atoms with E-state index in [2.05, 4.69) is 34.1 Å². The van der Waals surface area contributed by atoms with Gasteiger partial charge in [0.15, 0.2) is 0 Å². The molecule has 4 nitrogen and oxygen atoms in total. The van der Waals surface area contributed by atoms with Gasteiger partial charge in [0.25, 0.3) is 0 Å². The topological polar surface area (TPSA) is 35.9 Å². The molecule has 1 N–H and O–H groups in total. The summed E-state index contributed by atoms with van der Waals surface area (Å²) in [7, 11) is 0. The minimum atomic E-state index is -0.455. The molecular weight excluding hydrogens is 324 g/mol. The second-order valence-electron chi connectivity index (χ2n) is 6.32. The van der Waals surface area contributed by atoms with Crippen LogP contribution in [0.5, 0.6) is 0 Å². The average Bonchev–Trinajstić information content (AvgIpc) is 2.62. The highest BCUT2D eigenvalue weighted by Gasteiger charge is 2.19. The lowest BCUT2D eigenvalue weighted by Gasteiger charge is -2.36. The number of hydrogen-bond acceptors (Lipinski definition) is 4. The summed E-state index contributed by atoms with van der Waals surface area (Å²) in [6.45, 7) is 4.83. The Kier molecular flexibility index (Phi) is 6.18. The maximum atomic E-state index is 10.2. The lowest BCUT2D eigenvalue weighted by Crippen LogP contribution is -2.49. The molecule has 0 radical (unpaired) electrons. The van der Waals surface area contributed by atoms with Gasteiger partial charge in [-0.3, -0.25) is 4.90 Å². The molecule has 1 aliphatic carbocycles. The van der Waals surface area contributed by atoms with Crippen LogP contribution in [0.25, 0.3) is 0 Å². The maximum Gasteiger partial charge on any atom is 0.115 e. The molecule has 1 atom stereocenters. The van der Waals surface area contributed by atoms with Crippen molar-refractivity contribution in [3.8, 4) is 0 Å². The van der Waals surface area contributed by atoms with E-state index < -0.39 is 6.10 Å². The molecule has 3 rings (SSSR count). The molecule has 0 amide bonds. The highest BCUT2D eigenvalue weighted by Crippen LogP contribution is 2.19. The van der Waals surface area contributed by atoms with Crippen LogP contribution in [0, 0.1) is 0 Å². The van der Waals surface area contributed by atoms with Crippen LogP contribution < -0.4 is 4.90 Å². The predicted octanol–water partition coefficient (Wildman–Crippen LogP) is 3.07. The first-order valence-corrected chi connectivity index (χ1v) is 8.99. The zero-order valence-corrected chi connectivity index (χ0v) is 14.7. The van der Waals surface area contributed by atoms with Crippen LogP contribution >= 0.6 is 11.6 Å². The largest absolute Gasteiger partial charge is 0.491 e. The number of anilines is 1. The van der Waals surface area contributed by atoms with Gasteiger partial charge in [0, 0.05) is 43.4 Å². The third-order valence-electron chi connectivity index (χ3n) is 4.44. The number of hydrogen-bond donors (Lipinski definition) is 1. The first kappa shape index (κ1) is 17.3. The summed E-state index contributed by atoms with van der Waals surface area (Å²) in [5.41, 5.74) is 1.21. The minimum absolute atomic E-state index is 0.355. The number of benzene rings is 1. The average molecular weight is 349 g/mol.